The predicted octanol–water partition coefficient (Wildman–Crippen LogP) is 0.0888. The molecule has 3 N–H and O–H groups in total. The summed E-state index contributed by atoms with van der Waals surface area (Å²) in [5.74, 6) is -0.0525. The SMILES string of the molecule is CS(=O)(=O)CCCNc1ccc(S(N)(=O)=O)cc1[N+](=O)[O-]. The van der Waals surface area contributed by atoms with Crippen LogP contribution in [0, 0.1) is 10.1 Å². The lowest BCUT2D eigenvalue weighted by Crippen LogP contribution is -2.14. The maximum Gasteiger partial charge on any atom is 0.293 e. The van der Waals surface area contributed by atoms with E-state index in [-0.39, 0.29) is 29.3 Å². The van der Waals surface area contributed by atoms with Crippen LogP contribution < -0.4 is 10.5 Å². The summed E-state index contributed by atoms with van der Waals surface area (Å²) in [5, 5.41) is 18.5. The van der Waals surface area contributed by atoms with Crippen molar-refractivity contribution in [2.75, 3.05) is 23.9 Å². The lowest BCUT2D eigenvalue weighted by molar-refractivity contribution is -0.384. The van der Waals surface area contributed by atoms with Gasteiger partial charge in [-0.25, -0.2) is 22.0 Å². The smallest absolute Gasteiger partial charge is 0.293 e. The molecule has 1 rings (SSSR count). The van der Waals surface area contributed by atoms with Crippen LogP contribution in [0.2, 0.25) is 0 Å². The molecule has 0 aliphatic rings. The molecule has 0 saturated heterocycles. The Morgan fingerprint density at radius 1 is 1.29 bits per heavy atom. The summed E-state index contributed by atoms with van der Waals surface area (Å²) in [6.45, 7) is 0.197. The maximum absolute atomic E-state index is 11.2. The zero-order chi connectivity index (χ0) is 16.3. The Kier molecular flexibility index (Phi) is 5.25. The van der Waals surface area contributed by atoms with Crippen molar-refractivity contribution in [2.45, 2.75) is 11.3 Å². The summed E-state index contributed by atoms with van der Waals surface area (Å²) in [4.78, 5) is 9.82. The average Bonchev–Trinajstić information content (AvgIpc) is 2.32. The lowest BCUT2D eigenvalue weighted by Gasteiger charge is -2.08. The fourth-order valence-corrected chi connectivity index (χ4v) is 2.75. The summed E-state index contributed by atoms with van der Waals surface area (Å²) in [6.07, 6.45) is 1.36. The number of primary sulfonamides is 1. The van der Waals surface area contributed by atoms with Gasteiger partial charge in [-0.2, -0.15) is 0 Å². The molecule has 118 valence electrons. The lowest BCUT2D eigenvalue weighted by atomic mass is 10.2. The molecule has 0 saturated carbocycles. The van der Waals surface area contributed by atoms with Crippen LogP contribution >= 0.6 is 0 Å². The van der Waals surface area contributed by atoms with Crippen molar-refractivity contribution in [3.05, 3.63) is 28.3 Å². The van der Waals surface area contributed by atoms with Gasteiger partial charge in [0.1, 0.15) is 15.5 Å². The topological polar surface area (TPSA) is 149 Å². The third-order valence-electron chi connectivity index (χ3n) is 2.50. The van der Waals surface area contributed by atoms with Gasteiger partial charge < -0.3 is 5.32 Å². The van der Waals surface area contributed by atoms with Gasteiger partial charge in [-0.15, -0.1) is 0 Å². The molecule has 0 radical (unpaired) electrons. The van der Waals surface area contributed by atoms with Gasteiger partial charge in [-0.05, 0) is 18.6 Å². The molecule has 11 heteroatoms. The van der Waals surface area contributed by atoms with E-state index >= 15 is 0 Å². The Labute approximate surface area is 122 Å². The fraction of sp³-hybridized carbons (Fsp3) is 0.400. The first-order valence-corrected chi connectivity index (χ1v) is 9.34. The number of nitro benzene ring substituents is 1. The second-order valence-corrected chi connectivity index (χ2v) is 8.21. The molecule has 1 aromatic rings. The molecule has 0 unspecified atom stereocenters. The standard InChI is InChI=1S/C10H15N3O6S2/c1-20(16,17)6-2-5-12-9-4-3-8(21(11,18)19)7-10(9)13(14)15/h3-4,7,12H,2,5-6H2,1H3,(H2,11,18,19). The van der Waals surface area contributed by atoms with Gasteiger partial charge in [0.05, 0.1) is 15.6 Å². The van der Waals surface area contributed by atoms with E-state index in [2.05, 4.69) is 5.32 Å². The average molecular weight is 337 g/mol. The van der Waals surface area contributed by atoms with E-state index in [1.165, 1.54) is 6.07 Å². The minimum Gasteiger partial charge on any atom is -0.379 e. The number of hydrogen-bond acceptors (Lipinski definition) is 7. The summed E-state index contributed by atoms with van der Waals surface area (Å²) in [5.41, 5.74) is -0.346. The van der Waals surface area contributed by atoms with Crippen LogP contribution in [0.25, 0.3) is 0 Å². The van der Waals surface area contributed by atoms with E-state index in [1.54, 1.807) is 0 Å². The van der Waals surface area contributed by atoms with E-state index in [4.69, 9.17) is 5.14 Å². The van der Waals surface area contributed by atoms with E-state index in [9.17, 15) is 26.9 Å². The number of nitrogens with two attached hydrogens (primary N) is 1. The molecular formula is C10H15N3O6S2. The second kappa shape index (κ2) is 6.37. The fourth-order valence-electron chi connectivity index (χ4n) is 1.55. The van der Waals surface area contributed by atoms with Crippen LogP contribution in [0.3, 0.4) is 0 Å². The van der Waals surface area contributed by atoms with Crippen molar-refractivity contribution >= 4 is 31.2 Å². The Bertz CT molecular complexity index is 742. The van der Waals surface area contributed by atoms with Gasteiger partial charge in [0.25, 0.3) is 5.69 Å². The molecule has 9 nitrogen and oxygen atoms in total. The molecule has 0 aromatic heterocycles. The summed E-state index contributed by atoms with van der Waals surface area (Å²) in [7, 11) is -7.13. The summed E-state index contributed by atoms with van der Waals surface area (Å²) in [6, 6.07) is 3.22. The summed E-state index contributed by atoms with van der Waals surface area (Å²) >= 11 is 0. The van der Waals surface area contributed by atoms with Crippen LogP contribution in [0.1, 0.15) is 6.42 Å². The monoisotopic (exact) mass is 337 g/mol. The van der Waals surface area contributed by atoms with Crippen molar-refractivity contribution in [1.82, 2.24) is 0 Å². The van der Waals surface area contributed by atoms with Crippen molar-refractivity contribution < 1.29 is 21.8 Å². The highest BCUT2D eigenvalue weighted by atomic mass is 32.2. The predicted molar refractivity (Wildman–Crippen MR) is 77.3 cm³/mol. The molecule has 0 amide bonds. The van der Waals surface area contributed by atoms with Crippen LogP contribution in [0.15, 0.2) is 23.1 Å². The van der Waals surface area contributed by atoms with Gasteiger partial charge in [0, 0.05) is 18.9 Å². The number of nitrogens with zero attached hydrogens (tertiary/aromatic N) is 1. The zero-order valence-corrected chi connectivity index (χ0v) is 12.8. The van der Waals surface area contributed by atoms with Gasteiger partial charge in [0.2, 0.25) is 10.0 Å². The van der Waals surface area contributed by atoms with Crippen LogP contribution in [0.5, 0.6) is 0 Å². The van der Waals surface area contributed by atoms with E-state index in [0.717, 1.165) is 18.4 Å². The van der Waals surface area contributed by atoms with Gasteiger partial charge in [-0.1, -0.05) is 0 Å². The highest BCUT2D eigenvalue weighted by Crippen LogP contribution is 2.27. The third kappa shape index (κ3) is 5.65. The number of rotatable bonds is 7. The van der Waals surface area contributed by atoms with Crippen LogP contribution in [0.4, 0.5) is 11.4 Å². The normalized spacial score (nSPS) is 12.1. The number of sulfone groups is 1. The Morgan fingerprint density at radius 3 is 2.38 bits per heavy atom. The van der Waals surface area contributed by atoms with Crippen molar-refractivity contribution in [1.29, 1.82) is 0 Å². The molecule has 0 atom stereocenters. The first-order valence-electron chi connectivity index (χ1n) is 5.73. The molecule has 0 bridgehead atoms. The van der Waals surface area contributed by atoms with Gasteiger partial charge in [-0.3, -0.25) is 10.1 Å². The Hall–Kier alpha value is -1.72. The minimum atomic E-state index is -4.03. The largest absolute Gasteiger partial charge is 0.379 e. The highest BCUT2D eigenvalue weighted by Gasteiger charge is 2.18. The van der Waals surface area contributed by atoms with E-state index in [1.807, 2.05) is 0 Å². The number of anilines is 1. The number of hydrogen-bond donors (Lipinski definition) is 2. The zero-order valence-electron chi connectivity index (χ0n) is 11.1. The highest BCUT2D eigenvalue weighted by molar-refractivity contribution is 7.90. The van der Waals surface area contributed by atoms with Crippen molar-refractivity contribution in [2.24, 2.45) is 5.14 Å². The molecule has 21 heavy (non-hydrogen) atoms. The van der Waals surface area contributed by atoms with Crippen molar-refractivity contribution in [3.63, 3.8) is 0 Å². The van der Waals surface area contributed by atoms with Gasteiger partial charge >= 0.3 is 0 Å². The third-order valence-corrected chi connectivity index (χ3v) is 4.44. The number of nitro groups is 1. The number of sulfonamides is 1. The number of benzene rings is 1. The van der Waals surface area contributed by atoms with Crippen LogP contribution in [-0.4, -0.2) is 40.3 Å². The summed E-state index contributed by atoms with van der Waals surface area (Å²) < 4.78 is 44.2. The molecule has 1 aromatic carbocycles. The molecule has 0 fully saturated rings. The molecule has 0 aliphatic carbocycles. The second-order valence-electron chi connectivity index (χ2n) is 4.39. The maximum atomic E-state index is 11.2. The molecular weight excluding hydrogens is 322 g/mol. The first kappa shape index (κ1) is 17.3. The van der Waals surface area contributed by atoms with E-state index in [0.29, 0.717) is 0 Å². The Balaban J connectivity index is 2.90. The van der Waals surface area contributed by atoms with Crippen LogP contribution in [-0.2, 0) is 19.9 Å². The first-order chi connectivity index (χ1) is 9.50. The quantitative estimate of drug-likeness (QED) is 0.406. The molecule has 0 aliphatic heterocycles. The van der Waals surface area contributed by atoms with E-state index < -0.39 is 30.5 Å². The minimum absolute atomic E-state index is 0.0525. The molecule has 0 spiro atoms. The number of nitrogens with one attached hydrogen (secondary N) is 1. The Morgan fingerprint density at radius 2 is 1.90 bits per heavy atom. The van der Waals surface area contributed by atoms with Crippen molar-refractivity contribution in [3.8, 4) is 0 Å². The molecule has 0 heterocycles. The van der Waals surface area contributed by atoms with Gasteiger partial charge in [0.15, 0.2) is 0 Å².